The fraction of sp³-hybridized carbons (Fsp3) is 0.727. The van der Waals surface area contributed by atoms with Gasteiger partial charge >= 0.3 is 0 Å². The average molecular weight is 275 g/mol. The molecule has 110 valence electrons. The first kappa shape index (κ1) is 17.3. The van der Waals surface area contributed by atoms with Gasteiger partial charge in [-0.05, 0) is 12.8 Å². The Balaban J connectivity index is 3.55. The first-order valence-electron chi connectivity index (χ1n) is 6.02. The molecule has 0 aromatic heterocycles. The number of carbonyl (C=O) groups is 3. The van der Waals surface area contributed by atoms with Gasteiger partial charge < -0.3 is 5.32 Å². The fourth-order valence-corrected chi connectivity index (χ4v) is 1.28. The zero-order valence-corrected chi connectivity index (χ0v) is 11.3. The maximum Gasteiger partial charge on any atom is 0.245 e. The van der Waals surface area contributed by atoms with Crippen molar-refractivity contribution in [3.63, 3.8) is 0 Å². The van der Waals surface area contributed by atoms with E-state index in [1.807, 2.05) is 0 Å². The van der Waals surface area contributed by atoms with E-state index < -0.39 is 11.8 Å². The van der Waals surface area contributed by atoms with E-state index in [4.69, 9.17) is 10.4 Å². The molecule has 0 unspecified atom stereocenters. The van der Waals surface area contributed by atoms with Gasteiger partial charge in [0.1, 0.15) is 0 Å². The standard InChI is InChI=1S/C11H21N3O5/c1-13(18)10(16)6-3-5-9(15)12-8-4-7-11(17)14(2)19/h18-19H,3-8H2,1-2H3,(H,12,15). The number of rotatable bonds is 8. The normalized spacial score (nSPS) is 9.89. The minimum atomic E-state index is -0.440. The van der Waals surface area contributed by atoms with Crippen LogP contribution in [0.1, 0.15) is 32.1 Å². The first-order valence-corrected chi connectivity index (χ1v) is 6.02. The summed E-state index contributed by atoms with van der Waals surface area (Å²) < 4.78 is 0. The van der Waals surface area contributed by atoms with Crippen molar-refractivity contribution in [2.24, 2.45) is 0 Å². The number of carbonyl (C=O) groups excluding carboxylic acids is 3. The van der Waals surface area contributed by atoms with Crippen LogP contribution < -0.4 is 5.32 Å². The fourth-order valence-electron chi connectivity index (χ4n) is 1.28. The lowest BCUT2D eigenvalue weighted by Crippen LogP contribution is -2.27. The Bertz CT molecular complexity index is 317. The average Bonchev–Trinajstić information content (AvgIpc) is 2.33. The zero-order chi connectivity index (χ0) is 14.8. The number of nitrogens with zero attached hydrogens (tertiary/aromatic N) is 2. The highest BCUT2D eigenvalue weighted by atomic mass is 16.5. The van der Waals surface area contributed by atoms with Gasteiger partial charge in [0.15, 0.2) is 0 Å². The van der Waals surface area contributed by atoms with Crippen LogP contribution in [0.2, 0.25) is 0 Å². The van der Waals surface area contributed by atoms with Crippen LogP contribution in [0.4, 0.5) is 0 Å². The van der Waals surface area contributed by atoms with Gasteiger partial charge in [0.05, 0.1) is 0 Å². The number of hydrogen-bond acceptors (Lipinski definition) is 5. The molecule has 0 rings (SSSR count). The predicted octanol–water partition coefficient (Wildman–Crippen LogP) is -0.252. The summed E-state index contributed by atoms with van der Waals surface area (Å²) in [7, 11) is 2.48. The smallest absolute Gasteiger partial charge is 0.245 e. The lowest BCUT2D eigenvalue weighted by molar-refractivity contribution is -0.159. The third kappa shape index (κ3) is 8.97. The first-order chi connectivity index (χ1) is 8.84. The second-order valence-electron chi connectivity index (χ2n) is 4.14. The molecule has 0 aliphatic carbocycles. The molecule has 0 aromatic rings. The topological polar surface area (TPSA) is 110 Å². The van der Waals surface area contributed by atoms with Crippen LogP contribution in [0.3, 0.4) is 0 Å². The Morgan fingerprint density at radius 3 is 1.84 bits per heavy atom. The zero-order valence-electron chi connectivity index (χ0n) is 11.3. The molecule has 0 saturated carbocycles. The summed E-state index contributed by atoms with van der Waals surface area (Å²) in [6.45, 7) is 0.340. The minimum absolute atomic E-state index is 0.105. The van der Waals surface area contributed by atoms with Gasteiger partial charge in [-0.25, -0.2) is 10.1 Å². The number of hydrogen-bond donors (Lipinski definition) is 3. The van der Waals surface area contributed by atoms with E-state index in [2.05, 4.69) is 5.32 Å². The van der Waals surface area contributed by atoms with Gasteiger partial charge in [-0.2, -0.15) is 0 Å². The van der Waals surface area contributed by atoms with Crippen molar-refractivity contribution in [3.05, 3.63) is 0 Å². The Morgan fingerprint density at radius 2 is 1.37 bits per heavy atom. The molecule has 8 heteroatoms. The Morgan fingerprint density at radius 1 is 0.895 bits per heavy atom. The van der Waals surface area contributed by atoms with E-state index in [1.54, 1.807) is 0 Å². The molecule has 0 spiro atoms. The SMILES string of the molecule is CN(O)C(=O)CCCNC(=O)CCCC(=O)N(C)O. The highest BCUT2D eigenvalue weighted by Gasteiger charge is 2.08. The Hall–Kier alpha value is -1.67. The summed E-state index contributed by atoms with van der Waals surface area (Å²) in [4.78, 5) is 33.3. The third-order valence-corrected chi connectivity index (χ3v) is 2.41. The summed E-state index contributed by atoms with van der Waals surface area (Å²) >= 11 is 0. The highest BCUT2D eigenvalue weighted by Crippen LogP contribution is 1.98. The lowest BCUT2D eigenvalue weighted by Gasteiger charge is -2.09. The molecule has 0 aliphatic rings. The van der Waals surface area contributed by atoms with Crippen molar-refractivity contribution in [1.29, 1.82) is 0 Å². The van der Waals surface area contributed by atoms with Crippen molar-refractivity contribution < 1.29 is 24.8 Å². The molecule has 0 bridgehead atoms. The summed E-state index contributed by atoms with van der Waals surface area (Å²) in [5.74, 6) is -1.06. The van der Waals surface area contributed by atoms with E-state index in [0.29, 0.717) is 29.5 Å². The predicted molar refractivity (Wildman–Crippen MR) is 65.2 cm³/mol. The Kier molecular flexibility index (Phi) is 8.47. The van der Waals surface area contributed by atoms with Crippen molar-refractivity contribution >= 4 is 17.7 Å². The van der Waals surface area contributed by atoms with Crippen LogP contribution in [0, 0.1) is 0 Å². The van der Waals surface area contributed by atoms with E-state index in [1.165, 1.54) is 14.1 Å². The molecule has 8 nitrogen and oxygen atoms in total. The molecular formula is C11H21N3O5. The molecule has 19 heavy (non-hydrogen) atoms. The van der Waals surface area contributed by atoms with Crippen molar-refractivity contribution in [1.82, 2.24) is 15.4 Å². The van der Waals surface area contributed by atoms with Gasteiger partial charge in [0.25, 0.3) is 0 Å². The van der Waals surface area contributed by atoms with Crippen molar-refractivity contribution in [2.75, 3.05) is 20.6 Å². The van der Waals surface area contributed by atoms with Gasteiger partial charge in [-0.15, -0.1) is 0 Å². The van der Waals surface area contributed by atoms with Crippen molar-refractivity contribution in [2.45, 2.75) is 32.1 Å². The molecule has 0 fully saturated rings. The van der Waals surface area contributed by atoms with E-state index in [9.17, 15) is 14.4 Å². The van der Waals surface area contributed by atoms with Gasteiger partial charge in [0, 0.05) is 39.9 Å². The molecule has 3 N–H and O–H groups in total. The van der Waals surface area contributed by atoms with Crippen LogP contribution in [0.25, 0.3) is 0 Å². The van der Waals surface area contributed by atoms with Gasteiger partial charge in [-0.1, -0.05) is 0 Å². The number of nitrogens with one attached hydrogen (secondary N) is 1. The second-order valence-corrected chi connectivity index (χ2v) is 4.14. The van der Waals surface area contributed by atoms with Crippen LogP contribution >= 0.6 is 0 Å². The summed E-state index contributed by atoms with van der Waals surface area (Å²) in [5, 5.41) is 21.2. The van der Waals surface area contributed by atoms with E-state index in [0.717, 1.165) is 0 Å². The maximum atomic E-state index is 11.3. The maximum absolute atomic E-state index is 11.3. The lowest BCUT2D eigenvalue weighted by atomic mass is 10.2. The molecule has 0 aromatic carbocycles. The molecule has 0 radical (unpaired) electrons. The van der Waals surface area contributed by atoms with E-state index in [-0.39, 0.29) is 25.2 Å². The quantitative estimate of drug-likeness (QED) is 0.321. The summed E-state index contributed by atoms with van der Waals surface area (Å²) in [6, 6.07) is 0. The molecule has 0 saturated heterocycles. The van der Waals surface area contributed by atoms with Gasteiger partial charge in [0.2, 0.25) is 17.7 Å². The Labute approximate surface area is 111 Å². The number of amides is 3. The van der Waals surface area contributed by atoms with Crippen LogP contribution in [0.5, 0.6) is 0 Å². The molecule has 0 heterocycles. The highest BCUT2D eigenvalue weighted by molar-refractivity contribution is 5.78. The largest absolute Gasteiger partial charge is 0.356 e. The van der Waals surface area contributed by atoms with Crippen LogP contribution in [-0.2, 0) is 14.4 Å². The molecular weight excluding hydrogens is 254 g/mol. The molecule has 3 amide bonds. The number of hydroxylamine groups is 4. The monoisotopic (exact) mass is 275 g/mol. The van der Waals surface area contributed by atoms with Crippen molar-refractivity contribution in [3.8, 4) is 0 Å². The minimum Gasteiger partial charge on any atom is -0.356 e. The summed E-state index contributed by atoms with van der Waals surface area (Å²) in [6.07, 6.45) is 1.24. The van der Waals surface area contributed by atoms with Gasteiger partial charge in [-0.3, -0.25) is 24.8 Å². The molecule has 0 aliphatic heterocycles. The van der Waals surface area contributed by atoms with Crippen LogP contribution in [0.15, 0.2) is 0 Å². The second kappa shape index (κ2) is 9.29. The molecule has 0 atom stereocenters. The van der Waals surface area contributed by atoms with Crippen LogP contribution in [-0.4, -0.2) is 58.9 Å². The van der Waals surface area contributed by atoms with E-state index >= 15 is 0 Å². The third-order valence-electron chi connectivity index (χ3n) is 2.41. The summed E-state index contributed by atoms with van der Waals surface area (Å²) in [5.41, 5.74) is 0.